The monoisotopic (exact) mass is 282 g/mol. The number of hydrogen-bond acceptors (Lipinski definition) is 3. The Balaban J connectivity index is 3.14. The lowest BCUT2D eigenvalue weighted by Gasteiger charge is -2.38. The second-order valence-electron chi connectivity index (χ2n) is 5.91. The van der Waals surface area contributed by atoms with Crippen molar-refractivity contribution >= 4 is 0 Å². The molecule has 0 radical (unpaired) electrons. The first-order valence-corrected chi connectivity index (χ1v) is 7.26. The van der Waals surface area contributed by atoms with Gasteiger partial charge in [-0.2, -0.15) is 0 Å². The number of aliphatic hydroxyl groups is 1. The molecule has 0 aliphatic rings. The van der Waals surface area contributed by atoms with E-state index in [1.54, 1.807) is 26.0 Å². The van der Waals surface area contributed by atoms with Gasteiger partial charge in [0.1, 0.15) is 5.82 Å². The molecular formula is C16H27FN2O. The van der Waals surface area contributed by atoms with Gasteiger partial charge >= 0.3 is 0 Å². The van der Waals surface area contributed by atoms with Crippen molar-refractivity contribution in [3.63, 3.8) is 0 Å². The van der Waals surface area contributed by atoms with E-state index in [0.29, 0.717) is 18.7 Å². The maximum atomic E-state index is 14.1. The third-order valence-electron chi connectivity index (χ3n) is 3.49. The highest BCUT2D eigenvalue weighted by Gasteiger charge is 2.30. The number of nitrogens with two attached hydrogens (primary N) is 1. The molecule has 3 N–H and O–H groups in total. The molecule has 0 saturated heterocycles. The van der Waals surface area contributed by atoms with Crippen LogP contribution in [-0.4, -0.2) is 34.7 Å². The Bertz CT molecular complexity index is 417. The van der Waals surface area contributed by atoms with E-state index in [4.69, 9.17) is 5.73 Å². The summed E-state index contributed by atoms with van der Waals surface area (Å²) in [5.74, 6) is -0.240. The summed E-state index contributed by atoms with van der Waals surface area (Å²) in [6.07, 6.45) is 0.751. The van der Waals surface area contributed by atoms with Crippen molar-refractivity contribution in [2.75, 3.05) is 13.1 Å². The molecule has 0 heterocycles. The minimum atomic E-state index is -0.840. The summed E-state index contributed by atoms with van der Waals surface area (Å²) in [4.78, 5) is 2.05. The van der Waals surface area contributed by atoms with Crippen LogP contribution in [-0.2, 0) is 0 Å². The number of benzene rings is 1. The molecule has 0 bridgehead atoms. The van der Waals surface area contributed by atoms with Gasteiger partial charge in [0.15, 0.2) is 0 Å². The van der Waals surface area contributed by atoms with Crippen LogP contribution in [0.3, 0.4) is 0 Å². The summed E-state index contributed by atoms with van der Waals surface area (Å²) < 4.78 is 14.1. The molecule has 2 atom stereocenters. The zero-order chi connectivity index (χ0) is 15.3. The van der Waals surface area contributed by atoms with E-state index in [9.17, 15) is 9.50 Å². The van der Waals surface area contributed by atoms with Crippen molar-refractivity contribution in [2.24, 2.45) is 5.73 Å². The SMILES string of the molecule is CCC(N)C(c1ccccc1F)N(CC)CC(C)(C)O. The second kappa shape index (κ2) is 7.16. The highest BCUT2D eigenvalue weighted by atomic mass is 19.1. The second-order valence-corrected chi connectivity index (χ2v) is 5.91. The topological polar surface area (TPSA) is 49.5 Å². The number of rotatable bonds is 7. The van der Waals surface area contributed by atoms with Crippen LogP contribution < -0.4 is 5.73 Å². The molecule has 1 aromatic rings. The summed E-state index contributed by atoms with van der Waals surface area (Å²) in [5.41, 5.74) is 5.99. The fourth-order valence-electron chi connectivity index (χ4n) is 2.54. The highest BCUT2D eigenvalue weighted by Crippen LogP contribution is 2.28. The van der Waals surface area contributed by atoms with Crippen LogP contribution in [0.4, 0.5) is 4.39 Å². The van der Waals surface area contributed by atoms with Crippen LogP contribution in [0.1, 0.15) is 45.7 Å². The maximum Gasteiger partial charge on any atom is 0.128 e. The standard InChI is InChI=1S/C16H27FN2O/c1-5-14(18)15(12-9-7-8-10-13(12)17)19(6-2)11-16(3,4)20/h7-10,14-15,20H,5-6,11,18H2,1-4H3. The van der Waals surface area contributed by atoms with Crippen LogP contribution in [0.2, 0.25) is 0 Å². The summed E-state index contributed by atoms with van der Waals surface area (Å²) in [7, 11) is 0. The van der Waals surface area contributed by atoms with E-state index in [2.05, 4.69) is 0 Å². The minimum Gasteiger partial charge on any atom is -0.389 e. The lowest BCUT2D eigenvalue weighted by Crippen LogP contribution is -2.47. The minimum absolute atomic E-state index is 0.172. The maximum absolute atomic E-state index is 14.1. The van der Waals surface area contributed by atoms with Gasteiger partial charge in [0.05, 0.1) is 11.6 Å². The van der Waals surface area contributed by atoms with E-state index in [1.807, 2.05) is 24.8 Å². The molecule has 3 nitrogen and oxygen atoms in total. The predicted octanol–water partition coefficient (Wildman–Crippen LogP) is 2.70. The molecule has 20 heavy (non-hydrogen) atoms. The van der Waals surface area contributed by atoms with E-state index >= 15 is 0 Å². The van der Waals surface area contributed by atoms with E-state index < -0.39 is 5.60 Å². The quantitative estimate of drug-likeness (QED) is 0.808. The van der Waals surface area contributed by atoms with Crippen molar-refractivity contribution < 1.29 is 9.50 Å². The smallest absolute Gasteiger partial charge is 0.128 e. The lowest BCUT2D eigenvalue weighted by atomic mass is 9.94. The molecule has 0 fully saturated rings. The molecule has 114 valence electrons. The fraction of sp³-hybridized carbons (Fsp3) is 0.625. The largest absolute Gasteiger partial charge is 0.389 e. The molecule has 1 rings (SSSR count). The lowest BCUT2D eigenvalue weighted by molar-refractivity contribution is 0.0168. The average molecular weight is 282 g/mol. The highest BCUT2D eigenvalue weighted by molar-refractivity contribution is 5.23. The molecule has 0 aliphatic heterocycles. The van der Waals surface area contributed by atoms with E-state index in [1.165, 1.54) is 6.07 Å². The van der Waals surface area contributed by atoms with Gasteiger partial charge in [-0.1, -0.05) is 32.0 Å². The summed E-state index contributed by atoms with van der Waals surface area (Å²) in [5, 5.41) is 10.1. The van der Waals surface area contributed by atoms with Gasteiger partial charge < -0.3 is 10.8 Å². The summed E-state index contributed by atoms with van der Waals surface area (Å²) in [6.45, 7) is 8.67. The van der Waals surface area contributed by atoms with Crippen molar-refractivity contribution in [3.8, 4) is 0 Å². The third-order valence-corrected chi connectivity index (χ3v) is 3.49. The van der Waals surface area contributed by atoms with Gasteiger partial charge in [-0.25, -0.2) is 4.39 Å². The van der Waals surface area contributed by atoms with Crippen LogP contribution >= 0.6 is 0 Å². The van der Waals surface area contributed by atoms with Crippen LogP contribution in [0.5, 0.6) is 0 Å². The molecule has 0 amide bonds. The van der Waals surface area contributed by atoms with Gasteiger partial charge in [0.25, 0.3) is 0 Å². The first-order chi connectivity index (χ1) is 9.30. The van der Waals surface area contributed by atoms with Crippen LogP contribution in [0.15, 0.2) is 24.3 Å². The summed E-state index contributed by atoms with van der Waals surface area (Å²) in [6, 6.07) is 6.35. The van der Waals surface area contributed by atoms with Gasteiger partial charge in [0, 0.05) is 18.2 Å². The van der Waals surface area contributed by atoms with Crippen molar-refractivity contribution in [1.29, 1.82) is 0 Å². The molecule has 0 saturated carbocycles. The Kier molecular flexibility index (Phi) is 6.11. The number of likely N-dealkylation sites (N-methyl/N-ethyl adjacent to an activating group) is 1. The predicted molar refractivity (Wildman–Crippen MR) is 81.0 cm³/mol. The Hall–Kier alpha value is -0.970. The molecule has 4 heteroatoms. The van der Waals surface area contributed by atoms with Crippen LogP contribution in [0.25, 0.3) is 0 Å². The Morgan fingerprint density at radius 2 is 1.90 bits per heavy atom. The zero-order valence-electron chi connectivity index (χ0n) is 12.9. The van der Waals surface area contributed by atoms with Gasteiger partial charge in [-0.05, 0) is 32.9 Å². The molecule has 0 aliphatic carbocycles. The summed E-state index contributed by atoms with van der Waals surface area (Å²) >= 11 is 0. The van der Waals surface area contributed by atoms with Gasteiger partial charge in [-0.15, -0.1) is 0 Å². The van der Waals surface area contributed by atoms with Gasteiger partial charge in [0.2, 0.25) is 0 Å². The number of nitrogens with zero attached hydrogens (tertiary/aromatic N) is 1. The third kappa shape index (κ3) is 4.54. The Morgan fingerprint density at radius 1 is 1.30 bits per heavy atom. The molecule has 2 unspecified atom stereocenters. The molecule has 0 aromatic heterocycles. The number of halogens is 1. The van der Waals surface area contributed by atoms with Crippen molar-refractivity contribution in [2.45, 2.75) is 51.8 Å². The Morgan fingerprint density at radius 3 is 2.35 bits per heavy atom. The normalized spacial score (nSPS) is 15.4. The van der Waals surface area contributed by atoms with Crippen molar-refractivity contribution in [3.05, 3.63) is 35.6 Å². The van der Waals surface area contributed by atoms with E-state index in [-0.39, 0.29) is 17.9 Å². The van der Waals surface area contributed by atoms with Gasteiger partial charge in [-0.3, -0.25) is 4.90 Å². The Labute approximate surface area is 121 Å². The molecular weight excluding hydrogens is 255 g/mol. The van der Waals surface area contributed by atoms with Crippen LogP contribution in [0, 0.1) is 5.82 Å². The average Bonchev–Trinajstić information content (AvgIpc) is 2.38. The molecule has 1 aromatic carbocycles. The first kappa shape index (κ1) is 17.1. The zero-order valence-corrected chi connectivity index (χ0v) is 12.9. The number of hydrogen-bond donors (Lipinski definition) is 2. The van der Waals surface area contributed by atoms with Crippen molar-refractivity contribution in [1.82, 2.24) is 4.90 Å². The molecule has 0 spiro atoms. The fourth-order valence-corrected chi connectivity index (χ4v) is 2.54. The first-order valence-electron chi connectivity index (χ1n) is 7.26. The van der Waals surface area contributed by atoms with E-state index in [0.717, 1.165) is 6.42 Å².